The van der Waals surface area contributed by atoms with E-state index in [9.17, 15) is 0 Å². The van der Waals surface area contributed by atoms with Crippen LogP contribution in [0.5, 0.6) is 5.75 Å². The number of hydrogen-bond acceptors (Lipinski definition) is 2. The van der Waals surface area contributed by atoms with Gasteiger partial charge in [-0.25, -0.2) is 0 Å². The zero-order valence-electron chi connectivity index (χ0n) is 7.87. The van der Waals surface area contributed by atoms with Gasteiger partial charge in [-0.2, -0.15) is 5.26 Å². The molecule has 74 valence electrons. The lowest BCUT2D eigenvalue weighted by Crippen LogP contribution is -1.98. The molecule has 3 heteroatoms. The predicted octanol–water partition coefficient (Wildman–Crippen LogP) is 3.26. The predicted molar refractivity (Wildman–Crippen MR) is 59.4 cm³/mol. The molecule has 0 heterocycles. The Morgan fingerprint density at radius 1 is 1.36 bits per heavy atom. The molecule has 0 saturated carbocycles. The van der Waals surface area contributed by atoms with Crippen LogP contribution in [0.4, 0.5) is 0 Å². The third kappa shape index (κ3) is 3.39. The summed E-state index contributed by atoms with van der Waals surface area (Å²) >= 11 is 3.40. The second-order valence-corrected chi connectivity index (χ2v) is 3.41. The molecule has 0 unspecified atom stereocenters. The van der Waals surface area contributed by atoms with Gasteiger partial charge in [-0.05, 0) is 12.5 Å². The van der Waals surface area contributed by atoms with Gasteiger partial charge in [0.25, 0.3) is 0 Å². The van der Waals surface area contributed by atoms with E-state index in [1.54, 1.807) is 0 Å². The van der Waals surface area contributed by atoms with Crippen molar-refractivity contribution in [2.24, 2.45) is 0 Å². The Labute approximate surface area is 92.6 Å². The number of halogens is 1. The molecule has 0 spiro atoms. The first-order valence-corrected chi connectivity index (χ1v) is 5.64. The number of alkyl halides is 1. The van der Waals surface area contributed by atoms with Gasteiger partial charge in [0, 0.05) is 17.3 Å². The second-order valence-electron chi connectivity index (χ2n) is 2.85. The number of rotatable bonds is 5. The highest BCUT2D eigenvalue weighted by atomic mass is 79.9. The quantitative estimate of drug-likeness (QED) is 0.596. The maximum atomic E-state index is 8.35. The molecule has 1 rings (SSSR count). The van der Waals surface area contributed by atoms with Crippen LogP contribution in [0.1, 0.15) is 18.4 Å². The molecular weight excluding hydrogens is 242 g/mol. The monoisotopic (exact) mass is 253 g/mol. The minimum Gasteiger partial charge on any atom is -0.493 e. The van der Waals surface area contributed by atoms with Crippen LogP contribution in [0.15, 0.2) is 24.3 Å². The van der Waals surface area contributed by atoms with E-state index in [0.29, 0.717) is 13.0 Å². The molecule has 0 fully saturated rings. The number of nitriles is 1. The highest BCUT2D eigenvalue weighted by Gasteiger charge is 1.99. The van der Waals surface area contributed by atoms with Gasteiger partial charge in [0.15, 0.2) is 0 Å². The van der Waals surface area contributed by atoms with Crippen LogP contribution in [-0.4, -0.2) is 6.61 Å². The molecule has 0 atom stereocenters. The van der Waals surface area contributed by atoms with Crippen molar-refractivity contribution in [3.05, 3.63) is 29.8 Å². The molecule has 2 nitrogen and oxygen atoms in total. The maximum absolute atomic E-state index is 8.35. The summed E-state index contributed by atoms with van der Waals surface area (Å²) < 4.78 is 5.55. The molecule has 0 N–H and O–H groups in total. The van der Waals surface area contributed by atoms with Crippen molar-refractivity contribution >= 4 is 15.9 Å². The van der Waals surface area contributed by atoms with Crippen molar-refractivity contribution < 1.29 is 4.74 Å². The number of hydrogen-bond donors (Lipinski definition) is 0. The summed E-state index contributed by atoms with van der Waals surface area (Å²) in [7, 11) is 0. The van der Waals surface area contributed by atoms with Crippen molar-refractivity contribution in [3.8, 4) is 11.8 Å². The van der Waals surface area contributed by atoms with Gasteiger partial charge in [-0.15, -0.1) is 0 Å². The van der Waals surface area contributed by atoms with Crippen molar-refractivity contribution in [2.75, 3.05) is 6.61 Å². The first-order chi connectivity index (χ1) is 6.88. The lowest BCUT2D eigenvalue weighted by molar-refractivity contribution is 0.310. The molecule has 0 aliphatic heterocycles. The number of benzene rings is 1. The highest BCUT2D eigenvalue weighted by molar-refractivity contribution is 9.08. The minimum atomic E-state index is 0.552. The molecule has 0 bridgehead atoms. The Kier molecular flexibility index (Phi) is 5.09. The van der Waals surface area contributed by atoms with E-state index in [0.717, 1.165) is 23.1 Å². The summed E-state index contributed by atoms with van der Waals surface area (Å²) in [5, 5.41) is 9.14. The Balaban J connectivity index is 2.46. The molecule has 0 radical (unpaired) electrons. The molecule has 14 heavy (non-hydrogen) atoms. The zero-order chi connectivity index (χ0) is 10.2. The van der Waals surface area contributed by atoms with Crippen LogP contribution >= 0.6 is 15.9 Å². The van der Waals surface area contributed by atoms with E-state index in [2.05, 4.69) is 22.0 Å². The average molecular weight is 254 g/mol. The van der Waals surface area contributed by atoms with Gasteiger partial charge in [-0.3, -0.25) is 0 Å². The van der Waals surface area contributed by atoms with Crippen molar-refractivity contribution in [3.63, 3.8) is 0 Å². The summed E-state index contributed by atoms with van der Waals surface area (Å²) in [6.45, 7) is 0.609. The summed E-state index contributed by atoms with van der Waals surface area (Å²) in [5.74, 6) is 0.905. The molecule has 1 aromatic rings. The molecule has 0 saturated heterocycles. The number of ether oxygens (including phenoxy) is 1. The summed E-state index contributed by atoms with van der Waals surface area (Å²) in [6, 6.07) is 10.00. The van der Waals surface area contributed by atoms with Gasteiger partial charge in [0.1, 0.15) is 5.75 Å². The summed E-state index contributed by atoms with van der Waals surface area (Å²) in [5.41, 5.74) is 1.14. The van der Waals surface area contributed by atoms with E-state index >= 15 is 0 Å². The van der Waals surface area contributed by atoms with Crippen molar-refractivity contribution in [1.29, 1.82) is 5.26 Å². The van der Waals surface area contributed by atoms with Crippen LogP contribution in [0.25, 0.3) is 0 Å². The molecular formula is C11H12BrNO. The highest BCUT2D eigenvalue weighted by Crippen LogP contribution is 2.20. The second kappa shape index (κ2) is 6.44. The Morgan fingerprint density at radius 3 is 2.86 bits per heavy atom. The smallest absolute Gasteiger partial charge is 0.123 e. The van der Waals surface area contributed by atoms with Crippen molar-refractivity contribution in [2.45, 2.75) is 18.2 Å². The van der Waals surface area contributed by atoms with Gasteiger partial charge in [-0.1, -0.05) is 34.1 Å². The molecule has 0 aliphatic carbocycles. The standard InChI is InChI=1S/C11H12BrNO/c12-9-10-5-1-2-6-11(10)14-8-4-3-7-13/h1-2,5-6H,3-4,8-9H2. The van der Waals surface area contributed by atoms with Gasteiger partial charge >= 0.3 is 0 Å². The van der Waals surface area contributed by atoms with Crippen LogP contribution in [0, 0.1) is 11.3 Å². The number of para-hydroxylation sites is 1. The van der Waals surface area contributed by atoms with E-state index in [1.807, 2.05) is 24.3 Å². The van der Waals surface area contributed by atoms with Crippen molar-refractivity contribution in [1.82, 2.24) is 0 Å². The van der Waals surface area contributed by atoms with Crippen LogP contribution in [-0.2, 0) is 5.33 Å². The normalized spacial score (nSPS) is 9.43. The lowest BCUT2D eigenvalue weighted by atomic mass is 10.2. The fourth-order valence-electron chi connectivity index (χ4n) is 1.09. The molecule has 0 aliphatic rings. The van der Waals surface area contributed by atoms with E-state index in [1.165, 1.54) is 0 Å². The third-order valence-corrected chi connectivity index (χ3v) is 2.41. The fourth-order valence-corrected chi connectivity index (χ4v) is 1.55. The Hall–Kier alpha value is -1.01. The molecule has 0 aromatic heterocycles. The van der Waals surface area contributed by atoms with Gasteiger partial charge in [0.2, 0.25) is 0 Å². The van der Waals surface area contributed by atoms with E-state index < -0.39 is 0 Å². The van der Waals surface area contributed by atoms with Crippen LogP contribution in [0.2, 0.25) is 0 Å². The molecule has 0 amide bonds. The third-order valence-electron chi connectivity index (χ3n) is 1.81. The van der Waals surface area contributed by atoms with E-state index in [-0.39, 0.29) is 0 Å². The summed E-state index contributed by atoms with van der Waals surface area (Å²) in [6.07, 6.45) is 1.34. The lowest BCUT2D eigenvalue weighted by Gasteiger charge is -2.08. The number of unbranched alkanes of at least 4 members (excludes halogenated alkanes) is 1. The largest absolute Gasteiger partial charge is 0.493 e. The Morgan fingerprint density at radius 2 is 2.14 bits per heavy atom. The zero-order valence-corrected chi connectivity index (χ0v) is 9.46. The first kappa shape index (κ1) is 11.1. The minimum absolute atomic E-state index is 0.552. The van der Waals surface area contributed by atoms with Crippen LogP contribution in [0.3, 0.4) is 0 Å². The Bertz CT molecular complexity index is 319. The fraction of sp³-hybridized carbons (Fsp3) is 0.364. The summed E-state index contributed by atoms with van der Waals surface area (Å²) in [4.78, 5) is 0. The average Bonchev–Trinajstić information content (AvgIpc) is 2.25. The molecule has 1 aromatic carbocycles. The SMILES string of the molecule is N#CCCCOc1ccccc1CBr. The number of nitrogens with zero attached hydrogens (tertiary/aromatic N) is 1. The van der Waals surface area contributed by atoms with Crippen LogP contribution < -0.4 is 4.74 Å². The van der Waals surface area contributed by atoms with Gasteiger partial charge < -0.3 is 4.74 Å². The van der Waals surface area contributed by atoms with E-state index in [4.69, 9.17) is 10.00 Å². The first-order valence-electron chi connectivity index (χ1n) is 4.52. The van der Waals surface area contributed by atoms with Gasteiger partial charge in [0.05, 0.1) is 12.7 Å². The maximum Gasteiger partial charge on any atom is 0.123 e. The topological polar surface area (TPSA) is 33.0 Å².